The summed E-state index contributed by atoms with van der Waals surface area (Å²) in [5.41, 5.74) is 0.377. The Balaban J connectivity index is 3.23. The number of hydrogen-bond donors (Lipinski definition) is 1. The molecule has 1 aromatic carbocycles. The summed E-state index contributed by atoms with van der Waals surface area (Å²) in [6.45, 7) is 5.55. The van der Waals surface area contributed by atoms with Crippen LogP contribution in [0.5, 0.6) is 0 Å². The van der Waals surface area contributed by atoms with E-state index in [0.717, 1.165) is 5.56 Å². The van der Waals surface area contributed by atoms with Gasteiger partial charge in [-0.1, -0.05) is 29.3 Å². The van der Waals surface area contributed by atoms with Crippen molar-refractivity contribution in [1.29, 1.82) is 0 Å². The molecule has 0 radical (unpaired) electrons. The molecular weight excluding hydrogens is 219 g/mol. The van der Waals surface area contributed by atoms with Crippen molar-refractivity contribution in [2.45, 2.75) is 12.3 Å². The maximum atomic E-state index is 9.26. The first kappa shape index (κ1) is 11.6. The van der Waals surface area contributed by atoms with Gasteiger partial charge in [-0.3, -0.25) is 0 Å². The van der Waals surface area contributed by atoms with E-state index in [1.165, 1.54) is 0 Å². The normalized spacial score (nSPS) is 14.9. The number of aliphatic hydroxyl groups excluding tert-OH is 1. The van der Waals surface area contributed by atoms with Gasteiger partial charge in [0.05, 0.1) is 6.61 Å². The largest absolute Gasteiger partial charge is 0.395 e. The lowest BCUT2D eigenvalue weighted by Crippen LogP contribution is -2.23. The van der Waals surface area contributed by atoms with E-state index in [2.05, 4.69) is 6.58 Å². The molecule has 1 atom stereocenters. The Hall–Kier alpha value is -0.500. The lowest BCUT2D eigenvalue weighted by molar-refractivity contribution is 0.236. The lowest BCUT2D eigenvalue weighted by atomic mass is 9.83. The van der Waals surface area contributed by atoms with Gasteiger partial charge in [-0.25, -0.2) is 0 Å². The van der Waals surface area contributed by atoms with E-state index < -0.39 is 5.41 Å². The molecule has 1 nitrogen and oxygen atoms in total. The van der Waals surface area contributed by atoms with Crippen LogP contribution in [-0.2, 0) is 5.41 Å². The second-order valence-electron chi connectivity index (χ2n) is 3.44. The van der Waals surface area contributed by atoms with E-state index in [1.807, 2.05) is 6.92 Å². The Kier molecular flexibility index (Phi) is 3.59. The van der Waals surface area contributed by atoms with Crippen LogP contribution in [0.15, 0.2) is 30.9 Å². The van der Waals surface area contributed by atoms with Crippen molar-refractivity contribution in [2.75, 3.05) is 6.61 Å². The SMILES string of the molecule is C=C[C@@](C)(CO)c1cc(Cl)cc(Cl)c1. The van der Waals surface area contributed by atoms with Crippen LogP contribution in [0.2, 0.25) is 10.0 Å². The topological polar surface area (TPSA) is 20.2 Å². The van der Waals surface area contributed by atoms with Gasteiger partial charge in [0, 0.05) is 15.5 Å². The molecule has 0 aliphatic heterocycles. The summed E-state index contributed by atoms with van der Waals surface area (Å²) in [5.74, 6) is 0. The van der Waals surface area contributed by atoms with Crippen LogP contribution in [-0.4, -0.2) is 11.7 Å². The summed E-state index contributed by atoms with van der Waals surface area (Å²) in [5, 5.41) is 10.4. The molecule has 0 aromatic heterocycles. The highest BCUT2D eigenvalue weighted by atomic mass is 35.5. The maximum absolute atomic E-state index is 9.26. The van der Waals surface area contributed by atoms with Crippen molar-refractivity contribution in [3.8, 4) is 0 Å². The van der Waals surface area contributed by atoms with E-state index in [0.29, 0.717) is 10.0 Å². The van der Waals surface area contributed by atoms with E-state index in [1.54, 1.807) is 24.3 Å². The molecule has 0 fully saturated rings. The quantitative estimate of drug-likeness (QED) is 0.790. The molecule has 0 bridgehead atoms. The fourth-order valence-electron chi connectivity index (χ4n) is 1.16. The molecule has 1 aromatic rings. The third-order valence-corrected chi connectivity index (χ3v) is 2.74. The van der Waals surface area contributed by atoms with Crippen molar-refractivity contribution in [1.82, 2.24) is 0 Å². The minimum atomic E-state index is -0.492. The molecule has 0 heterocycles. The first-order valence-electron chi connectivity index (χ1n) is 4.23. The first-order chi connectivity index (χ1) is 6.51. The first-order valence-corrected chi connectivity index (χ1v) is 4.98. The average Bonchev–Trinajstić information content (AvgIpc) is 2.15. The van der Waals surface area contributed by atoms with Gasteiger partial charge >= 0.3 is 0 Å². The highest BCUT2D eigenvalue weighted by Crippen LogP contribution is 2.29. The van der Waals surface area contributed by atoms with Crippen molar-refractivity contribution < 1.29 is 5.11 Å². The number of benzene rings is 1. The standard InChI is InChI=1S/C11H12Cl2O/c1-3-11(2,7-14)8-4-9(12)6-10(13)5-8/h3-6,14H,1,7H2,2H3/t11-/m0/s1. The molecule has 3 heteroatoms. The molecular formula is C11H12Cl2O. The van der Waals surface area contributed by atoms with Crippen LogP contribution < -0.4 is 0 Å². The molecule has 0 unspecified atom stereocenters. The fraction of sp³-hybridized carbons (Fsp3) is 0.273. The third-order valence-electron chi connectivity index (χ3n) is 2.30. The number of rotatable bonds is 3. The summed E-state index contributed by atoms with van der Waals surface area (Å²) in [6, 6.07) is 5.23. The molecule has 0 amide bonds. The number of aliphatic hydroxyl groups is 1. The molecule has 0 saturated heterocycles. The van der Waals surface area contributed by atoms with E-state index in [-0.39, 0.29) is 6.61 Å². The molecule has 76 valence electrons. The van der Waals surface area contributed by atoms with Crippen LogP contribution >= 0.6 is 23.2 Å². The van der Waals surface area contributed by atoms with Crippen LogP contribution in [0.3, 0.4) is 0 Å². The van der Waals surface area contributed by atoms with Gasteiger partial charge in [0.2, 0.25) is 0 Å². The molecule has 0 aliphatic carbocycles. The molecule has 0 aliphatic rings. The summed E-state index contributed by atoms with van der Waals surface area (Å²) >= 11 is 11.7. The Morgan fingerprint density at radius 2 is 1.86 bits per heavy atom. The third kappa shape index (κ3) is 2.30. The predicted octanol–water partition coefficient (Wildman–Crippen LogP) is 3.43. The zero-order chi connectivity index (χ0) is 10.8. The van der Waals surface area contributed by atoms with Crippen LogP contribution in [0, 0.1) is 0 Å². The monoisotopic (exact) mass is 230 g/mol. The summed E-state index contributed by atoms with van der Waals surface area (Å²) in [6.07, 6.45) is 1.69. The molecule has 1 rings (SSSR count). The average molecular weight is 231 g/mol. The van der Waals surface area contributed by atoms with Crippen molar-refractivity contribution in [2.24, 2.45) is 0 Å². The highest BCUT2D eigenvalue weighted by Gasteiger charge is 2.22. The van der Waals surface area contributed by atoms with Crippen LogP contribution in [0.4, 0.5) is 0 Å². The fourth-order valence-corrected chi connectivity index (χ4v) is 1.68. The Labute approximate surface area is 94.0 Å². The molecule has 0 saturated carbocycles. The van der Waals surface area contributed by atoms with Gasteiger partial charge in [0.25, 0.3) is 0 Å². The second-order valence-corrected chi connectivity index (χ2v) is 4.31. The van der Waals surface area contributed by atoms with Crippen LogP contribution in [0.25, 0.3) is 0 Å². The van der Waals surface area contributed by atoms with Crippen molar-refractivity contribution in [3.05, 3.63) is 46.5 Å². The zero-order valence-electron chi connectivity index (χ0n) is 7.93. The number of hydrogen-bond acceptors (Lipinski definition) is 1. The molecule has 14 heavy (non-hydrogen) atoms. The van der Waals surface area contributed by atoms with Gasteiger partial charge < -0.3 is 5.11 Å². The van der Waals surface area contributed by atoms with Crippen molar-refractivity contribution >= 4 is 23.2 Å². The smallest absolute Gasteiger partial charge is 0.0560 e. The predicted molar refractivity (Wildman–Crippen MR) is 61.1 cm³/mol. The summed E-state index contributed by atoms with van der Waals surface area (Å²) < 4.78 is 0. The Morgan fingerprint density at radius 1 is 1.36 bits per heavy atom. The van der Waals surface area contributed by atoms with Gasteiger partial charge in [-0.15, -0.1) is 6.58 Å². The lowest BCUT2D eigenvalue weighted by Gasteiger charge is -2.23. The van der Waals surface area contributed by atoms with E-state index in [4.69, 9.17) is 23.2 Å². The van der Waals surface area contributed by atoms with Crippen LogP contribution in [0.1, 0.15) is 12.5 Å². The van der Waals surface area contributed by atoms with E-state index in [9.17, 15) is 5.11 Å². The van der Waals surface area contributed by atoms with Gasteiger partial charge in [0.1, 0.15) is 0 Å². The zero-order valence-corrected chi connectivity index (χ0v) is 9.44. The summed E-state index contributed by atoms with van der Waals surface area (Å²) in [4.78, 5) is 0. The minimum Gasteiger partial charge on any atom is -0.395 e. The van der Waals surface area contributed by atoms with E-state index >= 15 is 0 Å². The number of halogens is 2. The second kappa shape index (κ2) is 4.35. The Bertz CT molecular complexity index is 329. The van der Waals surface area contributed by atoms with Gasteiger partial charge in [-0.05, 0) is 30.7 Å². The Morgan fingerprint density at radius 3 is 2.21 bits per heavy atom. The molecule has 0 spiro atoms. The maximum Gasteiger partial charge on any atom is 0.0560 e. The highest BCUT2D eigenvalue weighted by molar-refractivity contribution is 6.34. The van der Waals surface area contributed by atoms with Gasteiger partial charge in [0.15, 0.2) is 0 Å². The van der Waals surface area contributed by atoms with Crippen molar-refractivity contribution in [3.63, 3.8) is 0 Å². The summed E-state index contributed by atoms with van der Waals surface area (Å²) in [7, 11) is 0. The molecule has 1 N–H and O–H groups in total. The minimum absolute atomic E-state index is 0.0207. The van der Waals surface area contributed by atoms with Gasteiger partial charge in [-0.2, -0.15) is 0 Å².